The van der Waals surface area contributed by atoms with Crippen LogP contribution in [0, 0.1) is 11.3 Å². The number of hydrogen-bond donors (Lipinski definition) is 0. The summed E-state index contributed by atoms with van der Waals surface area (Å²) in [6, 6.07) is 8.77. The number of nitriles is 1. The second-order valence-corrected chi connectivity index (χ2v) is 6.19. The van der Waals surface area contributed by atoms with E-state index in [0.717, 1.165) is 19.3 Å². The maximum atomic E-state index is 12.4. The zero-order valence-corrected chi connectivity index (χ0v) is 14.8. The highest BCUT2D eigenvalue weighted by molar-refractivity contribution is 5.89. The van der Waals surface area contributed by atoms with E-state index < -0.39 is 11.5 Å². The average molecular weight is 344 g/mol. The fraction of sp³-hybridized carbons (Fsp3) is 0.526. The Morgan fingerprint density at radius 3 is 2.40 bits per heavy atom. The van der Waals surface area contributed by atoms with Gasteiger partial charge in [-0.05, 0) is 44.0 Å². The summed E-state index contributed by atoms with van der Waals surface area (Å²) in [7, 11) is 1.67. The molecule has 0 spiro atoms. The topological polar surface area (TPSA) is 79.6 Å². The van der Waals surface area contributed by atoms with Crippen LogP contribution in [0.1, 0.15) is 49.4 Å². The SMILES string of the molecule is CCOC(=O)c1ccc(OCC(=O)N(C)C2(C#N)CCCCC2)cc1. The molecule has 0 atom stereocenters. The fourth-order valence-corrected chi connectivity index (χ4v) is 3.04. The van der Waals surface area contributed by atoms with Crippen LogP contribution in [0.25, 0.3) is 0 Å². The molecule has 0 unspecified atom stereocenters. The van der Waals surface area contributed by atoms with Crippen LogP contribution in [0.3, 0.4) is 0 Å². The van der Waals surface area contributed by atoms with Gasteiger partial charge in [0.1, 0.15) is 11.3 Å². The molecule has 0 radical (unpaired) electrons. The number of benzene rings is 1. The van der Waals surface area contributed by atoms with Crippen LogP contribution in [-0.4, -0.2) is 42.6 Å². The van der Waals surface area contributed by atoms with Crippen LogP contribution in [0.15, 0.2) is 24.3 Å². The van der Waals surface area contributed by atoms with Crippen molar-refractivity contribution in [3.8, 4) is 11.8 Å². The normalized spacial score (nSPS) is 15.7. The lowest BCUT2D eigenvalue weighted by Gasteiger charge is -2.38. The molecule has 0 saturated heterocycles. The van der Waals surface area contributed by atoms with E-state index in [4.69, 9.17) is 9.47 Å². The molecule has 0 aromatic heterocycles. The zero-order chi connectivity index (χ0) is 18.3. The number of amides is 1. The number of carbonyl (C=O) groups excluding carboxylic acids is 2. The van der Waals surface area contributed by atoms with Crippen molar-refractivity contribution < 1.29 is 19.1 Å². The van der Waals surface area contributed by atoms with E-state index in [2.05, 4.69) is 6.07 Å². The van der Waals surface area contributed by atoms with Crippen molar-refractivity contribution in [2.75, 3.05) is 20.3 Å². The van der Waals surface area contributed by atoms with Gasteiger partial charge >= 0.3 is 5.97 Å². The third-order valence-corrected chi connectivity index (χ3v) is 4.63. The molecule has 6 nitrogen and oxygen atoms in total. The molecule has 1 aliphatic rings. The van der Waals surface area contributed by atoms with Gasteiger partial charge in [-0.2, -0.15) is 5.26 Å². The molecule has 25 heavy (non-hydrogen) atoms. The molecular formula is C19H24N2O4. The lowest BCUT2D eigenvalue weighted by Crippen LogP contribution is -2.51. The van der Waals surface area contributed by atoms with Gasteiger partial charge in [0.05, 0.1) is 18.2 Å². The van der Waals surface area contributed by atoms with E-state index in [1.807, 2.05) is 0 Å². The number of ether oxygens (including phenoxy) is 2. The summed E-state index contributed by atoms with van der Waals surface area (Å²) in [5.74, 6) is -0.125. The number of esters is 1. The Hall–Kier alpha value is -2.55. The monoisotopic (exact) mass is 344 g/mol. The van der Waals surface area contributed by atoms with E-state index in [1.54, 1.807) is 38.2 Å². The summed E-state index contributed by atoms with van der Waals surface area (Å²) in [6.07, 6.45) is 4.44. The van der Waals surface area contributed by atoms with Gasteiger partial charge in [0, 0.05) is 7.05 Å². The van der Waals surface area contributed by atoms with Gasteiger partial charge in [-0.15, -0.1) is 0 Å². The second kappa shape index (κ2) is 8.52. The minimum atomic E-state index is -0.716. The smallest absolute Gasteiger partial charge is 0.338 e. The van der Waals surface area contributed by atoms with Crippen molar-refractivity contribution in [1.82, 2.24) is 4.90 Å². The predicted octanol–water partition coefficient (Wildman–Crippen LogP) is 2.93. The maximum Gasteiger partial charge on any atom is 0.338 e. The number of nitrogens with zero attached hydrogens (tertiary/aromatic N) is 2. The van der Waals surface area contributed by atoms with E-state index in [9.17, 15) is 14.9 Å². The highest BCUT2D eigenvalue weighted by atomic mass is 16.5. The molecular weight excluding hydrogens is 320 g/mol. The molecule has 1 fully saturated rings. The molecule has 1 aromatic carbocycles. The summed E-state index contributed by atoms with van der Waals surface area (Å²) >= 11 is 0. The second-order valence-electron chi connectivity index (χ2n) is 6.19. The van der Waals surface area contributed by atoms with Gasteiger partial charge in [0.25, 0.3) is 5.91 Å². The van der Waals surface area contributed by atoms with Crippen molar-refractivity contribution in [3.05, 3.63) is 29.8 Å². The van der Waals surface area contributed by atoms with E-state index in [1.165, 1.54) is 4.90 Å². The van der Waals surface area contributed by atoms with Crippen LogP contribution >= 0.6 is 0 Å². The minimum Gasteiger partial charge on any atom is -0.484 e. The number of hydrogen-bond acceptors (Lipinski definition) is 5. The van der Waals surface area contributed by atoms with Gasteiger partial charge in [-0.1, -0.05) is 19.3 Å². The first kappa shape index (κ1) is 18.8. The highest BCUT2D eigenvalue weighted by Gasteiger charge is 2.38. The summed E-state index contributed by atoms with van der Waals surface area (Å²) in [4.78, 5) is 25.5. The molecule has 2 rings (SSSR count). The maximum absolute atomic E-state index is 12.4. The van der Waals surface area contributed by atoms with Crippen molar-refractivity contribution >= 4 is 11.9 Å². The first-order valence-electron chi connectivity index (χ1n) is 8.60. The van der Waals surface area contributed by atoms with E-state index in [0.29, 0.717) is 30.8 Å². The largest absolute Gasteiger partial charge is 0.484 e. The third kappa shape index (κ3) is 4.50. The van der Waals surface area contributed by atoms with Gasteiger partial charge in [0.15, 0.2) is 6.61 Å². The lowest BCUT2D eigenvalue weighted by atomic mass is 9.81. The molecule has 1 amide bonds. The van der Waals surface area contributed by atoms with Gasteiger partial charge in [0.2, 0.25) is 0 Å². The Balaban J connectivity index is 1.93. The fourth-order valence-electron chi connectivity index (χ4n) is 3.04. The van der Waals surface area contributed by atoms with Gasteiger partial charge < -0.3 is 14.4 Å². The lowest BCUT2D eigenvalue weighted by molar-refractivity contribution is -0.137. The first-order chi connectivity index (χ1) is 12.0. The third-order valence-electron chi connectivity index (χ3n) is 4.63. The molecule has 0 aliphatic heterocycles. The van der Waals surface area contributed by atoms with Gasteiger partial charge in [-0.25, -0.2) is 4.79 Å². The predicted molar refractivity (Wildman–Crippen MR) is 92.1 cm³/mol. The van der Waals surface area contributed by atoms with E-state index in [-0.39, 0.29) is 12.5 Å². The molecule has 0 heterocycles. The minimum absolute atomic E-state index is 0.140. The Morgan fingerprint density at radius 2 is 1.84 bits per heavy atom. The summed E-state index contributed by atoms with van der Waals surface area (Å²) in [5.41, 5.74) is -0.282. The quantitative estimate of drug-likeness (QED) is 0.741. The average Bonchev–Trinajstić information content (AvgIpc) is 2.66. The zero-order valence-electron chi connectivity index (χ0n) is 14.8. The van der Waals surface area contributed by atoms with Crippen molar-refractivity contribution in [3.63, 3.8) is 0 Å². The highest BCUT2D eigenvalue weighted by Crippen LogP contribution is 2.32. The molecule has 1 saturated carbocycles. The van der Waals surface area contributed by atoms with Crippen LogP contribution in [0.4, 0.5) is 0 Å². The van der Waals surface area contributed by atoms with Crippen molar-refractivity contribution in [1.29, 1.82) is 5.26 Å². The van der Waals surface area contributed by atoms with Crippen LogP contribution in [0.2, 0.25) is 0 Å². The Morgan fingerprint density at radius 1 is 1.20 bits per heavy atom. The van der Waals surface area contributed by atoms with E-state index >= 15 is 0 Å². The molecule has 1 aliphatic carbocycles. The van der Waals surface area contributed by atoms with Crippen molar-refractivity contribution in [2.45, 2.75) is 44.6 Å². The number of rotatable bonds is 6. The Kier molecular flexibility index (Phi) is 6.40. The summed E-state index contributed by atoms with van der Waals surface area (Å²) in [5, 5.41) is 9.54. The van der Waals surface area contributed by atoms with Gasteiger partial charge in [-0.3, -0.25) is 4.79 Å². The molecule has 6 heteroatoms. The van der Waals surface area contributed by atoms with Crippen molar-refractivity contribution in [2.24, 2.45) is 0 Å². The number of carbonyl (C=O) groups is 2. The van der Waals surface area contributed by atoms with Crippen LogP contribution in [0.5, 0.6) is 5.75 Å². The standard InChI is InChI=1S/C19H24N2O4/c1-3-24-18(23)15-7-9-16(10-8-15)25-13-17(22)21(2)19(14-20)11-5-4-6-12-19/h7-10H,3-6,11-13H2,1-2H3. The summed E-state index contributed by atoms with van der Waals surface area (Å²) in [6.45, 7) is 1.93. The molecule has 1 aromatic rings. The van der Waals surface area contributed by atoms with Crippen LogP contribution in [-0.2, 0) is 9.53 Å². The Bertz CT molecular complexity index is 642. The molecule has 0 N–H and O–H groups in total. The molecule has 0 bridgehead atoms. The van der Waals surface area contributed by atoms with Crippen LogP contribution < -0.4 is 4.74 Å². The first-order valence-corrected chi connectivity index (χ1v) is 8.60. The molecule has 134 valence electrons. The summed E-state index contributed by atoms with van der Waals surface area (Å²) < 4.78 is 10.4. The number of likely N-dealkylation sites (N-methyl/N-ethyl adjacent to an activating group) is 1. The Labute approximate surface area is 148 Å².